The lowest BCUT2D eigenvalue weighted by Crippen LogP contribution is -2.38. The van der Waals surface area contributed by atoms with Crippen LogP contribution in [0.4, 0.5) is 0 Å². The molecule has 0 spiro atoms. The number of hydrogen-bond donors (Lipinski definition) is 3. The summed E-state index contributed by atoms with van der Waals surface area (Å²) < 4.78 is 0. The number of amides is 2. The van der Waals surface area contributed by atoms with Crippen LogP contribution in [0.3, 0.4) is 0 Å². The highest BCUT2D eigenvalue weighted by molar-refractivity contribution is 5.84. The maximum atomic E-state index is 11.2. The molecule has 3 N–H and O–H groups in total. The summed E-state index contributed by atoms with van der Waals surface area (Å²) in [5.74, 6) is 0.00887. The fourth-order valence-corrected chi connectivity index (χ4v) is 0.988. The van der Waals surface area contributed by atoms with Crippen LogP contribution in [-0.4, -0.2) is 36.1 Å². The number of hydrogen-bond acceptors (Lipinski definition) is 3. The highest BCUT2D eigenvalue weighted by Gasteiger charge is 2.06. The molecule has 0 aromatic carbocycles. The van der Waals surface area contributed by atoms with Crippen LogP contribution in [0.25, 0.3) is 0 Å². The monoisotopic (exact) mass is 230 g/mol. The van der Waals surface area contributed by atoms with E-state index in [1.54, 1.807) is 6.92 Å². The van der Waals surface area contributed by atoms with Gasteiger partial charge in [-0.1, -0.05) is 13.8 Å². The molecule has 0 radical (unpaired) electrons. The minimum Gasteiger partial charge on any atom is -0.393 e. The number of aliphatic hydroxyl groups is 1. The van der Waals surface area contributed by atoms with Crippen molar-refractivity contribution in [2.24, 2.45) is 5.92 Å². The van der Waals surface area contributed by atoms with Crippen molar-refractivity contribution in [2.75, 3.05) is 13.1 Å². The second-order valence-corrected chi connectivity index (χ2v) is 4.36. The van der Waals surface area contributed by atoms with E-state index in [9.17, 15) is 9.59 Å². The number of carbonyl (C=O) groups excluding carboxylic acids is 2. The highest BCUT2D eigenvalue weighted by Crippen LogP contribution is 1.94. The first-order valence-electron chi connectivity index (χ1n) is 5.63. The van der Waals surface area contributed by atoms with Crippen LogP contribution in [0.1, 0.15) is 33.6 Å². The van der Waals surface area contributed by atoms with Gasteiger partial charge < -0.3 is 15.7 Å². The number of carbonyl (C=O) groups is 2. The maximum absolute atomic E-state index is 11.2. The molecule has 94 valence electrons. The Hall–Kier alpha value is -1.10. The molecular weight excluding hydrogens is 208 g/mol. The zero-order chi connectivity index (χ0) is 12.6. The van der Waals surface area contributed by atoms with E-state index in [-0.39, 0.29) is 24.8 Å². The van der Waals surface area contributed by atoms with E-state index in [1.807, 2.05) is 13.8 Å². The zero-order valence-corrected chi connectivity index (χ0v) is 10.2. The second-order valence-electron chi connectivity index (χ2n) is 4.36. The van der Waals surface area contributed by atoms with Crippen LogP contribution in [0.2, 0.25) is 0 Å². The van der Waals surface area contributed by atoms with E-state index in [0.717, 1.165) is 0 Å². The van der Waals surface area contributed by atoms with Gasteiger partial charge >= 0.3 is 0 Å². The lowest BCUT2D eigenvalue weighted by atomic mass is 10.2. The molecule has 0 fully saturated rings. The van der Waals surface area contributed by atoms with Crippen LogP contribution < -0.4 is 10.6 Å². The van der Waals surface area contributed by atoms with Gasteiger partial charge in [-0.15, -0.1) is 0 Å². The number of nitrogens with one attached hydrogen (secondary N) is 2. The molecule has 0 bridgehead atoms. The molecule has 0 aliphatic heterocycles. The summed E-state index contributed by atoms with van der Waals surface area (Å²) in [5.41, 5.74) is 0. The predicted molar refractivity (Wildman–Crippen MR) is 61.8 cm³/mol. The van der Waals surface area contributed by atoms with Crippen LogP contribution in [0.15, 0.2) is 0 Å². The first-order chi connectivity index (χ1) is 7.41. The van der Waals surface area contributed by atoms with E-state index in [0.29, 0.717) is 18.9 Å². The Morgan fingerprint density at radius 1 is 1.12 bits per heavy atom. The third-order valence-corrected chi connectivity index (χ3v) is 1.94. The van der Waals surface area contributed by atoms with Gasteiger partial charge in [0.2, 0.25) is 11.8 Å². The van der Waals surface area contributed by atoms with Crippen molar-refractivity contribution in [1.29, 1.82) is 0 Å². The Labute approximate surface area is 96.6 Å². The van der Waals surface area contributed by atoms with E-state index < -0.39 is 6.10 Å². The Bertz CT molecular complexity index is 203. The minimum absolute atomic E-state index is 0.00532. The molecule has 5 nitrogen and oxygen atoms in total. The van der Waals surface area contributed by atoms with Gasteiger partial charge in [0.05, 0.1) is 12.6 Å². The molecule has 1 atom stereocenters. The van der Waals surface area contributed by atoms with Crippen molar-refractivity contribution >= 4 is 11.8 Å². The van der Waals surface area contributed by atoms with E-state index in [4.69, 9.17) is 5.11 Å². The van der Waals surface area contributed by atoms with Gasteiger partial charge in [-0.25, -0.2) is 0 Å². The van der Waals surface area contributed by atoms with E-state index in [1.165, 1.54) is 0 Å². The third-order valence-electron chi connectivity index (χ3n) is 1.94. The molecule has 2 amide bonds. The molecule has 0 rings (SSSR count). The molecule has 0 heterocycles. The van der Waals surface area contributed by atoms with E-state index >= 15 is 0 Å². The van der Waals surface area contributed by atoms with Gasteiger partial charge in [-0.2, -0.15) is 0 Å². The standard InChI is InChI=1S/C11H22N2O3/c1-8(2)6-12-11(16)7-13-10(15)5-4-9(3)14/h8-9,14H,4-7H2,1-3H3,(H,12,16)(H,13,15). The average molecular weight is 230 g/mol. The fraction of sp³-hybridized carbons (Fsp3) is 0.818. The molecule has 0 aliphatic rings. The first-order valence-corrected chi connectivity index (χ1v) is 5.63. The number of rotatable bonds is 7. The SMILES string of the molecule is CC(C)CNC(=O)CNC(=O)CCC(C)O. The predicted octanol–water partition coefficient (Wildman–Crippen LogP) is 0.0358. The average Bonchev–Trinajstić information content (AvgIpc) is 2.20. The quantitative estimate of drug-likeness (QED) is 0.577. The summed E-state index contributed by atoms with van der Waals surface area (Å²) in [6, 6.07) is 0. The summed E-state index contributed by atoms with van der Waals surface area (Å²) in [6.07, 6.45) is 0.176. The summed E-state index contributed by atoms with van der Waals surface area (Å²) in [5, 5.41) is 14.2. The summed E-state index contributed by atoms with van der Waals surface area (Å²) in [4.78, 5) is 22.4. The van der Waals surface area contributed by atoms with Crippen molar-refractivity contribution in [3.05, 3.63) is 0 Å². The van der Waals surface area contributed by atoms with Crippen molar-refractivity contribution in [3.63, 3.8) is 0 Å². The lowest BCUT2D eigenvalue weighted by molar-refractivity contribution is -0.126. The lowest BCUT2D eigenvalue weighted by Gasteiger charge is -2.09. The maximum Gasteiger partial charge on any atom is 0.239 e. The van der Waals surface area contributed by atoms with Crippen LogP contribution in [-0.2, 0) is 9.59 Å². The molecule has 0 aromatic heterocycles. The largest absolute Gasteiger partial charge is 0.393 e. The minimum atomic E-state index is -0.486. The van der Waals surface area contributed by atoms with E-state index in [2.05, 4.69) is 10.6 Å². The Kier molecular flexibility index (Phi) is 7.54. The molecule has 0 saturated heterocycles. The smallest absolute Gasteiger partial charge is 0.239 e. The fourth-order valence-electron chi connectivity index (χ4n) is 0.988. The molecule has 1 unspecified atom stereocenters. The molecule has 0 aromatic rings. The van der Waals surface area contributed by atoms with Crippen molar-refractivity contribution in [2.45, 2.75) is 39.7 Å². The van der Waals surface area contributed by atoms with Gasteiger partial charge in [0.1, 0.15) is 0 Å². The molecule has 0 saturated carbocycles. The topological polar surface area (TPSA) is 78.4 Å². The summed E-state index contributed by atoms with van der Waals surface area (Å²) in [7, 11) is 0. The van der Waals surface area contributed by atoms with Gasteiger partial charge in [-0.3, -0.25) is 9.59 Å². The van der Waals surface area contributed by atoms with Crippen molar-refractivity contribution < 1.29 is 14.7 Å². The molecule has 16 heavy (non-hydrogen) atoms. The Balaban J connectivity index is 3.55. The van der Waals surface area contributed by atoms with Gasteiger partial charge in [-0.05, 0) is 19.3 Å². The normalized spacial score (nSPS) is 12.3. The third kappa shape index (κ3) is 9.45. The highest BCUT2D eigenvalue weighted by atomic mass is 16.3. The summed E-state index contributed by atoms with van der Waals surface area (Å²) in [6.45, 7) is 6.25. The number of aliphatic hydroxyl groups excluding tert-OH is 1. The second kappa shape index (κ2) is 8.10. The van der Waals surface area contributed by atoms with Gasteiger partial charge in [0.25, 0.3) is 0 Å². The zero-order valence-electron chi connectivity index (χ0n) is 10.2. The molecule has 5 heteroatoms. The van der Waals surface area contributed by atoms with Crippen molar-refractivity contribution in [3.8, 4) is 0 Å². The van der Waals surface area contributed by atoms with Crippen LogP contribution in [0.5, 0.6) is 0 Å². The first kappa shape index (κ1) is 14.9. The van der Waals surface area contributed by atoms with Crippen LogP contribution in [0, 0.1) is 5.92 Å². The molecular formula is C11H22N2O3. The van der Waals surface area contributed by atoms with Gasteiger partial charge in [0.15, 0.2) is 0 Å². The molecule has 0 aliphatic carbocycles. The Morgan fingerprint density at radius 2 is 1.75 bits per heavy atom. The van der Waals surface area contributed by atoms with Crippen molar-refractivity contribution in [1.82, 2.24) is 10.6 Å². The van der Waals surface area contributed by atoms with Crippen LogP contribution >= 0.6 is 0 Å². The Morgan fingerprint density at radius 3 is 2.25 bits per heavy atom. The van der Waals surface area contributed by atoms with Gasteiger partial charge in [0, 0.05) is 13.0 Å². The summed E-state index contributed by atoms with van der Waals surface area (Å²) >= 11 is 0.